The Kier molecular flexibility index (Phi) is 12.1. The summed E-state index contributed by atoms with van der Waals surface area (Å²) in [7, 11) is -10.7. The fourth-order valence-corrected chi connectivity index (χ4v) is 8.67. The molecule has 13 atom stereocenters. The second-order valence-electron chi connectivity index (χ2n) is 13.7. The van der Waals surface area contributed by atoms with Crippen LogP contribution < -0.4 is 33.8 Å². The lowest BCUT2D eigenvalue weighted by atomic mass is 10.1. The van der Waals surface area contributed by atoms with E-state index in [2.05, 4.69) is 19.9 Å². The summed E-state index contributed by atoms with van der Waals surface area (Å²) in [5.74, 6) is -0.312. The number of nitrogens with zero attached hydrogens (tertiary/aromatic N) is 5. The van der Waals surface area contributed by atoms with Crippen LogP contribution in [0.25, 0.3) is 11.2 Å². The molecule has 0 spiro atoms. The van der Waals surface area contributed by atoms with E-state index in [1.165, 1.54) is 13.1 Å². The highest BCUT2D eigenvalue weighted by Gasteiger charge is 2.52. The number of aromatic nitrogens is 8. The zero-order valence-electron chi connectivity index (χ0n) is 30.6. The quantitative estimate of drug-likeness (QED) is 0.0531. The van der Waals surface area contributed by atoms with Crippen molar-refractivity contribution in [3.05, 3.63) is 82.4 Å². The Morgan fingerprint density at radius 3 is 2.08 bits per heavy atom. The van der Waals surface area contributed by atoms with Crippen LogP contribution in [-0.2, 0) is 41.4 Å². The Morgan fingerprint density at radius 1 is 0.833 bits per heavy atom. The van der Waals surface area contributed by atoms with Gasteiger partial charge in [0.2, 0.25) is 5.95 Å². The Balaban J connectivity index is 1.05. The largest absolute Gasteiger partial charge is 0.472 e. The van der Waals surface area contributed by atoms with Crippen LogP contribution in [-0.4, -0.2) is 137 Å². The van der Waals surface area contributed by atoms with E-state index in [0.717, 1.165) is 27.7 Å². The molecule has 3 saturated heterocycles. The number of nitrogens with one attached hydrogen (secondary N) is 3. The molecule has 0 amide bonds. The van der Waals surface area contributed by atoms with Crippen molar-refractivity contribution in [2.24, 2.45) is 0 Å². The number of aryl methyl sites for hydroxylation is 1. The van der Waals surface area contributed by atoms with E-state index < -0.39 is 131 Å². The maximum Gasteiger partial charge on any atom is 0.472 e. The maximum absolute atomic E-state index is 13.3. The fourth-order valence-electron chi connectivity index (χ4n) is 6.74. The molecule has 0 bridgehead atoms. The number of phosphoric ester groups is 2. The van der Waals surface area contributed by atoms with Gasteiger partial charge < -0.3 is 50.2 Å². The minimum Gasteiger partial charge on any atom is -0.394 e. The molecule has 0 aromatic carbocycles. The van der Waals surface area contributed by atoms with E-state index in [0.29, 0.717) is 4.57 Å². The predicted molar refractivity (Wildman–Crippen MR) is 193 cm³/mol. The summed E-state index contributed by atoms with van der Waals surface area (Å²) in [6, 6.07) is 0.880. The van der Waals surface area contributed by atoms with Crippen molar-refractivity contribution in [1.82, 2.24) is 38.6 Å². The fraction of sp³-hybridized carbons (Fsp3) is 0.552. The molecule has 328 valence electrons. The molecule has 0 radical (unpaired) electrons. The highest BCUT2D eigenvalue weighted by atomic mass is 31.2. The minimum atomic E-state index is -5.38. The number of nitrogens with two attached hydrogens (primary N) is 1. The van der Waals surface area contributed by atoms with E-state index in [-0.39, 0.29) is 29.1 Å². The third-order valence-electron chi connectivity index (χ3n) is 9.62. The van der Waals surface area contributed by atoms with Gasteiger partial charge in [-0.1, -0.05) is 0 Å². The van der Waals surface area contributed by atoms with Crippen LogP contribution >= 0.6 is 15.6 Å². The average Bonchev–Trinajstić information content (AvgIpc) is 3.92. The summed E-state index contributed by atoms with van der Waals surface area (Å²) < 4.78 is 66.7. The van der Waals surface area contributed by atoms with Gasteiger partial charge in [-0.2, -0.15) is 4.98 Å². The van der Waals surface area contributed by atoms with Crippen LogP contribution in [0.3, 0.4) is 0 Å². The first kappa shape index (κ1) is 43.5. The maximum atomic E-state index is 13.3. The van der Waals surface area contributed by atoms with Gasteiger partial charge in [0.05, 0.1) is 32.3 Å². The summed E-state index contributed by atoms with van der Waals surface area (Å²) in [5, 5.41) is 42.9. The number of phosphoric acid groups is 2. The van der Waals surface area contributed by atoms with E-state index in [1.54, 1.807) is 0 Å². The molecule has 0 saturated carbocycles. The Bertz CT molecular complexity index is 2640. The van der Waals surface area contributed by atoms with Gasteiger partial charge in [-0.05, 0) is 6.92 Å². The minimum absolute atomic E-state index is 0.152. The molecule has 11 N–H and O–H groups in total. The highest BCUT2D eigenvalue weighted by Crippen LogP contribution is 2.52. The van der Waals surface area contributed by atoms with Crippen molar-refractivity contribution < 1.29 is 71.6 Å². The first-order chi connectivity index (χ1) is 28.3. The molecule has 0 aliphatic carbocycles. The molecule has 60 heavy (non-hydrogen) atoms. The van der Waals surface area contributed by atoms with Crippen LogP contribution in [0.4, 0.5) is 5.95 Å². The molecular formula is C29H37N9O20P2. The van der Waals surface area contributed by atoms with E-state index in [9.17, 15) is 63.3 Å². The van der Waals surface area contributed by atoms with Crippen molar-refractivity contribution >= 4 is 32.8 Å². The normalized spacial score (nSPS) is 31.4. The van der Waals surface area contributed by atoms with Gasteiger partial charge in [0, 0.05) is 30.4 Å². The number of ether oxygens (including phenoxy) is 3. The lowest BCUT2D eigenvalue weighted by molar-refractivity contribution is -0.0629. The van der Waals surface area contributed by atoms with E-state index in [4.69, 9.17) is 38.0 Å². The third kappa shape index (κ3) is 8.77. The van der Waals surface area contributed by atoms with Crippen molar-refractivity contribution in [1.29, 1.82) is 0 Å². The molecule has 4 unspecified atom stereocenters. The Morgan fingerprint density at radius 2 is 1.43 bits per heavy atom. The summed E-state index contributed by atoms with van der Waals surface area (Å²) in [6.45, 7) is -1.42. The molecule has 3 aliphatic rings. The standard InChI is InChI=1S/C29H37N9O20P2/c1-10-5-37(29(47)35-23(10)44)16-4-11(40)13(54-16)7-52-59(48,49)58-21-14(56-25(19(21)43)36-3-2-15(41)32-28(36)46)8-53-60(50,51)57-20-12(6-39)55-26(18(20)42)38-9-31-17-22(38)33-27(30)34-24(17)45/h2-3,5,9,11-14,16,18-21,25-26,39-40,42-43H,4,6-8H2,1H3,(H,48,49)(H,50,51)(H,32,41,46)(H,35,44,47)(H3,30,33,34,45)/t11-,12-,13-,14-,16-,18?,19?,20+,21+,25-,26-/m1/s1. The number of rotatable bonds is 14. The van der Waals surface area contributed by atoms with Crippen LogP contribution in [0.15, 0.2) is 48.8 Å². The van der Waals surface area contributed by atoms with Gasteiger partial charge in [-0.25, -0.2) is 23.7 Å². The van der Waals surface area contributed by atoms with Gasteiger partial charge in [-0.15, -0.1) is 0 Å². The SMILES string of the molecule is Cc1cn([C@H]2C[C@@H](O)[C@@H](COP(=O)(O)O[C@@H]3C(O)[C@H](n4ccc(=O)[nH]c4=O)O[C@@H]3COP(=O)(O)O[C@@H]3C(O)[C@H](n4cnc5c(=O)[nH]c(N)nc54)O[C@@H]3CO)O2)c(=O)[nH]c1=O. The monoisotopic (exact) mass is 893 g/mol. The van der Waals surface area contributed by atoms with Crippen LogP contribution in [0.2, 0.25) is 0 Å². The number of nitrogen functional groups attached to an aromatic ring is 1. The van der Waals surface area contributed by atoms with Gasteiger partial charge in [0.25, 0.3) is 16.7 Å². The zero-order valence-corrected chi connectivity index (χ0v) is 32.4. The average molecular weight is 894 g/mol. The van der Waals surface area contributed by atoms with Gasteiger partial charge in [0.1, 0.15) is 49.0 Å². The van der Waals surface area contributed by atoms with Crippen molar-refractivity contribution in [2.45, 2.75) is 80.9 Å². The van der Waals surface area contributed by atoms with Crippen LogP contribution in [0, 0.1) is 6.92 Å². The van der Waals surface area contributed by atoms with Crippen molar-refractivity contribution in [2.75, 3.05) is 25.6 Å². The Hall–Kier alpha value is -4.55. The first-order valence-corrected chi connectivity index (χ1v) is 20.5. The highest BCUT2D eigenvalue weighted by molar-refractivity contribution is 7.47. The molecule has 29 nitrogen and oxygen atoms in total. The van der Waals surface area contributed by atoms with Gasteiger partial charge in [-0.3, -0.25) is 61.1 Å². The van der Waals surface area contributed by atoms with Gasteiger partial charge in [0.15, 0.2) is 23.6 Å². The molecule has 3 fully saturated rings. The third-order valence-corrected chi connectivity index (χ3v) is 11.6. The molecule has 7 rings (SSSR count). The number of aliphatic hydroxyl groups is 4. The van der Waals surface area contributed by atoms with Gasteiger partial charge >= 0.3 is 27.0 Å². The second-order valence-corrected chi connectivity index (χ2v) is 16.5. The number of H-pyrrole nitrogens is 3. The van der Waals surface area contributed by atoms with E-state index in [1.807, 2.05) is 4.98 Å². The number of imidazole rings is 1. The number of aromatic amines is 3. The summed E-state index contributed by atoms with van der Waals surface area (Å²) in [4.78, 5) is 96.2. The first-order valence-electron chi connectivity index (χ1n) is 17.5. The molecule has 4 aromatic rings. The van der Waals surface area contributed by atoms with Crippen LogP contribution in [0.1, 0.15) is 30.7 Å². The summed E-state index contributed by atoms with van der Waals surface area (Å²) >= 11 is 0. The number of hydrogen-bond acceptors (Lipinski definition) is 21. The molecular weight excluding hydrogens is 856 g/mol. The molecule has 3 aliphatic heterocycles. The molecule has 31 heteroatoms. The van der Waals surface area contributed by atoms with Crippen molar-refractivity contribution in [3.63, 3.8) is 0 Å². The summed E-state index contributed by atoms with van der Waals surface area (Å²) in [5.41, 5.74) is 1.25. The predicted octanol–water partition coefficient (Wildman–Crippen LogP) is -4.73. The van der Waals surface area contributed by atoms with E-state index >= 15 is 0 Å². The summed E-state index contributed by atoms with van der Waals surface area (Å²) in [6.07, 6.45) is -15.3. The van der Waals surface area contributed by atoms with Crippen molar-refractivity contribution in [3.8, 4) is 0 Å². The molecule has 7 heterocycles. The molecule has 4 aromatic heterocycles. The second kappa shape index (κ2) is 16.7. The number of anilines is 1. The number of aliphatic hydroxyl groups excluding tert-OH is 4. The number of fused-ring (bicyclic) bond motifs is 1. The topological polar surface area (TPSA) is 419 Å². The lowest BCUT2D eigenvalue weighted by Crippen LogP contribution is -2.39. The smallest absolute Gasteiger partial charge is 0.394 e. The van der Waals surface area contributed by atoms with Crippen LogP contribution in [0.5, 0.6) is 0 Å². The lowest BCUT2D eigenvalue weighted by Gasteiger charge is -2.25. The number of hydrogen-bond donors (Lipinski definition) is 10. The Labute approximate surface area is 331 Å². The zero-order chi connectivity index (χ0) is 43.4.